The number of hydrogen-bond acceptors (Lipinski definition) is 7. The smallest absolute Gasteiger partial charge is 0.241 e. The van der Waals surface area contributed by atoms with Gasteiger partial charge in [0.15, 0.2) is 23.0 Å². The van der Waals surface area contributed by atoms with Crippen LogP contribution in [0.4, 0.5) is 5.69 Å². The van der Waals surface area contributed by atoms with Crippen LogP contribution in [0.2, 0.25) is 0 Å². The first kappa shape index (κ1) is 21.3. The number of carbonyl (C=O) groups excluding carboxylic acids is 1. The maximum Gasteiger partial charge on any atom is 0.241 e. The van der Waals surface area contributed by atoms with E-state index in [4.69, 9.17) is 18.9 Å². The summed E-state index contributed by atoms with van der Waals surface area (Å²) in [4.78, 5) is 12.1. The number of hydrogen-bond donors (Lipinski definition) is 2. The number of amides is 1. The Kier molecular flexibility index (Phi) is 7.07. The first-order chi connectivity index (χ1) is 13.3. The summed E-state index contributed by atoms with van der Waals surface area (Å²) < 4.78 is 47.5. The summed E-state index contributed by atoms with van der Waals surface area (Å²) in [5.74, 6) is 1.06. The zero-order valence-corrected chi connectivity index (χ0v) is 16.8. The monoisotopic (exact) mass is 410 g/mol. The van der Waals surface area contributed by atoms with Gasteiger partial charge in [-0.25, -0.2) is 13.1 Å². The molecule has 2 aromatic rings. The van der Waals surface area contributed by atoms with Crippen LogP contribution in [0.3, 0.4) is 0 Å². The van der Waals surface area contributed by atoms with E-state index in [1.54, 1.807) is 18.2 Å². The summed E-state index contributed by atoms with van der Waals surface area (Å²) in [6.07, 6.45) is 0. The van der Waals surface area contributed by atoms with Gasteiger partial charge in [-0.1, -0.05) is 0 Å². The molecule has 0 saturated heterocycles. The van der Waals surface area contributed by atoms with Crippen LogP contribution >= 0.6 is 0 Å². The van der Waals surface area contributed by atoms with Gasteiger partial charge < -0.3 is 24.3 Å². The number of anilines is 1. The van der Waals surface area contributed by atoms with Crippen LogP contribution in [0.25, 0.3) is 0 Å². The standard InChI is InChI=1S/C18H22N2O7S/c1-24-14-7-5-12(9-16(14)26-3)20-18(21)11-19-28(22,23)13-6-8-15(25-2)17(10-13)27-4/h5-10,19H,11H2,1-4H3,(H,20,21). The molecule has 28 heavy (non-hydrogen) atoms. The highest BCUT2D eigenvalue weighted by molar-refractivity contribution is 7.89. The van der Waals surface area contributed by atoms with Crippen molar-refractivity contribution in [3.8, 4) is 23.0 Å². The van der Waals surface area contributed by atoms with Crippen molar-refractivity contribution in [1.82, 2.24) is 4.72 Å². The number of benzene rings is 2. The third-order valence-corrected chi connectivity index (χ3v) is 5.15. The molecule has 0 spiro atoms. The van der Waals surface area contributed by atoms with Crippen molar-refractivity contribution in [2.45, 2.75) is 4.90 Å². The minimum atomic E-state index is -3.92. The molecule has 9 nitrogen and oxygen atoms in total. The fraction of sp³-hybridized carbons (Fsp3) is 0.278. The molecule has 0 radical (unpaired) electrons. The Labute approximate surface area is 163 Å². The van der Waals surface area contributed by atoms with Crippen LogP contribution in [-0.4, -0.2) is 49.3 Å². The first-order valence-electron chi connectivity index (χ1n) is 8.08. The second kappa shape index (κ2) is 9.29. The molecule has 152 valence electrons. The van der Waals surface area contributed by atoms with Crippen molar-refractivity contribution >= 4 is 21.6 Å². The predicted molar refractivity (Wildman–Crippen MR) is 103 cm³/mol. The molecule has 0 heterocycles. The molecular formula is C18H22N2O7S. The van der Waals surface area contributed by atoms with E-state index in [0.717, 1.165) is 0 Å². The van der Waals surface area contributed by atoms with E-state index in [9.17, 15) is 13.2 Å². The summed E-state index contributed by atoms with van der Waals surface area (Å²) >= 11 is 0. The quantitative estimate of drug-likeness (QED) is 0.646. The molecule has 0 aliphatic carbocycles. The number of nitrogens with one attached hydrogen (secondary N) is 2. The SMILES string of the molecule is COc1ccc(NC(=O)CNS(=O)(=O)c2ccc(OC)c(OC)c2)cc1OC. The predicted octanol–water partition coefficient (Wildman–Crippen LogP) is 1.64. The van der Waals surface area contributed by atoms with Crippen molar-refractivity contribution in [2.24, 2.45) is 0 Å². The Bertz CT molecular complexity index is 945. The van der Waals surface area contributed by atoms with Gasteiger partial charge in [-0.05, 0) is 24.3 Å². The molecule has 2 aromatic carbocycles. The molecule has 2 N–H and O–H groups in total. The van der Waals surface area contributed by atoms with E-state index >= 15 is 0 Å². The van der Waals surface area contributed by atoms with Gasteiger partial charge in [-0.15, -0.1) is 0 Å². The van der Waals surface area contributed by atoms with Crippen LogP contribution in [0.1, 0.15) is 0 Å². The molecule has 0 fully saturated rings. The molecule has 0 aliphatic heterocycles. The maximum atomic E-state index is 12.4. The van der Waals surface area contributed by atoms with Crippen LogP contribution in [-0.2, 0) is 14.8 Å². The summed E-state index contributed by atoms with van der Waals surface area (Å²) in [6, 6.07) is 8.95. The van der Waals surface area contributed by atoms with Gasteiger partial charge in [0.2, 0.25) is 15.9 Å². The maximum absolute atomic E-state index is 12.4. The Hall–Kier alpha value is -2.98. The molecule has 2 rings (SSSR count). The third-order valence-electron chi connectivity index (χ3n) is 3.76. The van der Waals surface area contributed by atoms with Gasteiger partial charge in [0, 0.05) is 17.8 Å². The lowest BCUT2D eigenvalue weighted by Gasteiger charge is -2.12. The van der Waals surface area contributed by atoms with E-state index in [2.05, 4.69) is 10.0 Å². The molecule has 0 bridgehead atoms. The van der Waals surface area contributed by atoms with Crippen molar-refractivity contribution < 1.29 is 32.2 Å². The normalized spacial score (nSPS) is 10.9. The Balaban J connectivity index is 2.05. The molecular weight excluding hydrogens is 388 g/mol. The summed E-state index contributed by atoms with van der Waals surface area (Å²) in [5, 5.41) is 2.59. The Morgan fingerprint density at radius 1 is 0.821 bits per heavy atom. The van der Waals surface area contributed by atoms with Crippen LogP contribution < -0.4 is 29.0 Å². The largest absolute Gasteiger partial charge is 0.493 e. The van der Waals surface area contributed by atoms with Gasteiger partial charge in [-0.2, -0.15) is 0 Å². The molecule has 10 heteroatoms. The molecule has 0 aromatic heterocycles. The highest BCUT2D eigenvalue weighted by Crippen LogP contribution is 2.30. The average molecular weight is 410 g/mol. The highest BCUT2D eigenvalue weighted by Gasteiger charge is 2.18. The molecule has 0 unspecified atom stereocenters. The fourth-order valence-corrected chi connectivity index (χ4v) is 3.34. The van der Waals surface area contributed by atoms with Crippen molar-refractivity contribution in [3.05, 3.63) is 36.4 Å². The van der Waals surface area contributed by atoms with Crippen LogP contribution in [0.15, 0.2) is 41.3 Å². The molecule has 1 amide bonds. The lowest BCUT2D eigenvalue weighted by atomic mass is 10.2. The van der Waals surface area contributed by atoms with Gasteiger partial charge in [0.1, 0.15) is 0 Å². The van der Waals surface area contributed by atoms with E-state index in [1.807, 2.05) is 0 Å². The second-order valence-electron chi connectivity index (χ2n) is 5.46. The van der Waals surface area contributed by atoms with E-state index in [-0.39, 0.29) is 10.6 Å². The first-order valence-corrected chi connectivity index (χ1v) is 9.56. The lowest BCUT2D eigenvalue weighted by Crippen LogP contribution is -2.32. The van der Waals surface area contributed by atoms with Gasteiger partial charge >= 0.3 is 0 Å². The zero-order valence-electron chi connectivity index (χ0n) is 15.9. The number of ether oxygens (including phenoxy) is 4. The number of rotatable bonds is 9. The number of sulfonamides is 1. The molecule has 0 saturated carbocycles. The van der Waals surface area contributed by atoms with Crippen LogP contribution in [0.5, 0.6) is 23.0 Å². The minimum absolute atomic E-state index is 0.0518. The zero-order chi connectivity index (χ0) is 20.7. The van der Waals surface area contributed by atoms with Gasteiger partial charge in [0.25, 0.3) is 0 Å². The topological polar surface area (TPSA) is 112 Å². The fourth-order valence-electron chi connectivity index (χ4n) is 2.35. The molecule has 0 aliphatic rings. The average Bonchev–Trinajstić information content (AvgIpc) is 2.71. The summed E-state index contributed by atoms with van der Waals surface area (Å²) in [6.45, 7) is -0.453. The molecule has 0 atom stereocenters. The van der Waals surface area contributed by atoms with E-state index in [0.29, 0.717) is 22.9 Å². The van der Waals surface area contributed by atoms with Gasteiger partial charge in [-0.3, -0.25) is 4.79 Å². The Morgan fingerprint density at radius 3 is 1.93 bits per heavy atom. The second-order valence-corrected chi connectivity index (χ2v) is 7.23. The minimum Gasteiger partial charge on any atom is -0.493 e. The van der Waals surface area contributed by atoms with Crippen LogP contribution in [0, 0.1) is 0 Å². The summed E-state index contributed by atoms with van der Waals surface area (Å²) in [5.41, 5.74) is 0.438. The lowest BCUT2D eigenvalue weighted by molar-refractivity contribution is -0.115. The van der Waals surface area contributed by atoms with Crippen molar-refractivity contribution in [2.75, 3.05) is 40.3 Å². The van der Waals surface area contributed by atoms with Crippen molar-refractivity contribution in [3.63, 3.8) is 0 Å². The van der Waals surface area contributed by atoms with E-state index < -0.39 is 22.5 Å². The van der Waals surface area contributed by atoms with E-state index in [1.165, 1.54) is 46.6 Å². The number of carbonyl (C=O) groups is 1. The Morgan fingerprint density at radius 2 is 1.36 bits per heavy atom. The number of methoxy groups -OCH3 is 4. The van der Waals surface area contributed by atoms with Crippen molar-refractivity contribution in [1.29, 1.82) is 0 Å². The third kappa shape index (κ3) is 5.05. The van der Waals surface area contributed by atoms with Gasteiger partial charge in [0.05, 0.1) is 39.9 Å². The highest BCUT2D eigenvalue weighted by atomic mass is 32.2. The summed E-state index contributed by atoms with van der Waals surface area (Å²) in [7, 11) is 1.90.